The van der Waals surface area contributed by atoms with E-state index >= 15 is 0 Å². The SMILES string of the molecule is C/C=C(\C)C(=O)OC1CCC2CCC(C=C3OCC=C31)O2. The van der Waals surface area contributed by atoms with Gasteiger partial charge in [-0.15, -0.1) is 0 Å². The number of rotatable bonds is 2. The van der Waals surface area contributed by atoms with E-state index in [4.69, 9.17) is 14.2 Å². The van der Waals surface area contributed by atoms with Crippen molar-refractivity contribution in [3.05, 3.63) is 35.1 Å². The van der Waals surface area contributed by atoms with Gasteiger partial charge in [0.25, 0.3) is 0 Å². The average Bonchev–Trinajstić information content (AvgIpc) is 3.12. The number of hydrogen-bond donors (Lipinski definition) is 0. The molecule has 0 aromatic carbocycles. The lowest BCUT2D eigenvalue weighted by atomic mass is 9.98. The van der Waals surface area contributed by atoms with E-state index in [0.29, 0.717) is 12.2 Å². The molecule has 0 aromatic rings. The van der Waals surface area contributed by atoms with Crippen molar-refractivity contribution in [2.24, 2.45) is 0 Å². The maximum atomic E-state index is 12.1. The quantitative estimate of drug-likeness (QED) is 0.579. The summed E-state index contributed by atoms with van der Waals surface area (Å²) in [5.41, 5.74) is 1.64. The molecule has 0 aromatic heterocycles. The lowest BCUT2D eigenvalue weighted by Crippen LogP contribution is -2.23. The van der Waals surface area contributed by atoms with Gasteiger partial charge < -0.3 is 14.2 Å². The van der Waals surface area contributed by atoms with Gasteiger partial charge in [0.15, 0.2) is 0 Å². The molecule has 0 N–H and O–H groups in total. The highest BCUT2D eigenvalue weighted by Crippen LogP contribution is 2.34. The van der Waals surface area contributed by atoms with E-state index in [2.05, 4.69) is 0 Å². The molecule has 3 unspecified atom stereocenters. The van der Waals surface area contributed by atoms with Gasteiger partial charge in [0.2, 0.25) is 0 Å². The summed E-state index contributed by atoms with van der Waals surface area (Å²) in [5.74, 6) is 0.582. The number of fused-ring (bicyclic) bond motifs is 3. The van der Waals surface area contributed by atoms with Crippen LogP contribution in [0, 0.1) is 0 Å². The van der Waals surface area contributed by atoms with Crippen LogP contribution in [0.2, 0.25) is 0 Å². The lowest BCUT2D eigenvalue weighted by Gasteiger charge is -2.20. The number of hydrogen-bond acceptors (Lipinski definition) is 4. The molecule has 3 atom stereocenters. The van der Waals surface area contributed by atoms with Crippen molar-refractivity contribution in [1.29, 1.82) is 0 Å². The van der Waals surface area contributed by atoms with Crippen LogP contribution in [0.3, 0.4) is 0 Å². The standard InChI is InChI=1S/C17H22O4/c1-3-11(2)17(18)21-15-7-6-12-4-5-13(20-12)10-16-14(15)8-9-19-16/h3,8,10,12-13,15H,4-7,9H2,1-2H3/b11-3+,16-10?. The maximum absolute atomic E-state index is 12.1. The zero-order valence-electron chi connectivity index (χ0n) is 12.6. The summed E-state index contributed by atoms with van der Waals surface area (Å²) in [4.78, 5) is 12.1. The van der Waals surface area contributed by atoms with Crippen molar-refractivity contribution in [2.75, 3.05) is 6.61 Å². The third kappa shape index (κ3) is 3.05. The van der Waals surface area contributed by atoms with Crippen molar-refractivity contribution < 1.29 is 19.0 Å². The summed E-state index contributed by atoms with van der Waals surface area (Å²) in [5, 5.41) is 0. The molecule has 0 spiro atoms. The molecule has 21 heavy (non-hydrogen) atoms. The van der Waals surface area contributed by atoms with Crippen LogP contribution < -0.4 is 0 Å². The van der Waals surface area contributed by atoms with Crippen molar-refractivity contribution in [2.45, 2.75) is 57.8 Å². The molecule has 3 rings (SSSR count). The second-order valence-corrected chi connectivity index (χ2v) is 5.82. The van der Waals surface area contributed by atoms with Gasteiger partial charge in [0.05, 0.1) is 12.2 Å². The summed E-state index contributed by atoms with van der Waals surface area (Å²) in [6.45, 7) is 4.17. The molecule has 3 heterocycles. The van der Waals surface area contributed by atoms with Crippen molar-refractivity contribution >= 4 is 5.97 Å². The van der Waals surface area contributed by atoms with Crippen LogP contribution in [0.5, 0.6) is 0 Å². The molecular formula is C17H22O4. The van der Waals surface area contributed by atoms with E-state index in [9.17, 15) is 4.79 Å². The van der Waals surface area contributed by atoms with E-state index in [1.54, 1.807) is 13.0 Å². The molecular weight excluding hydrogens is 268 g/mol. The van der Waals surface area contributed by atoms with Gasteiger partial charge in [-0.3, -0.25) is 0 Å². The van der Waals surface area contributed by atoms with Gasteiger partial charge in [0.1, 0.15) is 18.5 Å². The third-order valence-corrected chi connectivity index (χ3v) is 4.41. The molecule has 3 aliphatic rings. The van der Waals surface area contributed by atoms with Gasteiger partial charge in [-0.05, 0) is 51.7 Å². The van der Waals surface area contributed by atoms with E-state index < -0.39 is 0 Å². The summed E-state index contributed by atoms with van der Waals surface area (Å²) >= 11 is 0. The monoisotopic (exact) mass is 290 g/mol. The number of ether oxygens (including phenoxy) is 3. The topological polar surface area (TPSA) is 44.8 Å². The Morgan fingerprint density at radius 1 is 1.33 bits per heavy atom. The van der Waals surface area contributed by atoms with E-state index in [-0.39, 0.29) is 24.3 Å². The first kappa shape index (κ1) is 14.4. The lowest BCUT2D eigenvalue weighted by molar-refractivity contribution is -0.143. The molecule has 3 aliphatic heterocycles. The minimum Gasteiger partial charge on any atom is -0.489 e. The highest BCUT2D eigenvalue weighted by atomic mass is 16.5. The Kier molecular flexibility index (Phi) is 4.15. The fourth-order valence-corrected chi connectivity index (χ4v) is 3.03. The molecule has 2 bridgehead atoms. The third-order valence-electron chi connectivity index (χ3n) is 4.41. The van der Waals surface area contributed by atoms with Crippen LogP contribution in [0.15, 0.2) is 35.1 Å². The predicted molar refractivity (Wildman–Crippen MR) is 78.6 cm³/mol. The fourth-order valence-electron chi connectivity index (χ4n) is 3.03. The smallest absolute Gasteiger partial charge is 0.333 e. The first-order chi connectivity index (χ1) is 10.2. The zero-order valence-corrected chi connectivity index (χ0v) is 12.6. The van der Waals surface area contributed by atoms with Gasteiger partial charge >= 0.3 is 5.97 Å². The molecule has 0 aliphatic carbocycles. The zero-order chi connectivity index (χ0) is 14.8. The van der Waals surface area contributed by atoms with Gasteiger partial charge in [-0.2, -0.15) is 0 Å². The summed E-state index contributed by atoms with van der Waals surface area (Å²) < 4.78 is 17.4. The van der Waals surface area contributed by atoms with Crippen LogP contribution in [-0.2, 0) is 19.0 Å². The first-order valence-electron chi connectivity index (χ1n) is 7.71. The van der Waals surface area contributed by atoms with Crippen LogP contribution in [0.25, 0.3) is 0 Å². The molecule has 4 heteroatoms. The Labute approximate surface area is 125 Å². The second-order valence-electron chi connectivity index (χ2n) is 5.82. The highest BCUT2D eigenvalue weighted by molar-refractivity contribution is 5.87. The molecule has 0 saturated carbocycles. The summed E-state index contributed by atoms with van der Waals surface area (Å²) in [6, 6.07) is 0. The Bertz CT molecular complexity index is 515. The van der Waals surface area contributed by atoms with Gasteiger partial charge in [0, 0.05) is 11.1 Å². The summed E-state index contributed by atoms with van der Waals surface area (Å²) in [7, 11) is 0. The van der Waals surface area contributed by atoms with E-state index in [0.717, 1.165) is 37.0 Å². The van der Waals surface area contributed by atoms with Crippen LogP contribution in [-0.4, -0.2) is 30.9 Å². The van der Waals surface area contributed by atoms with Crippen LogP contribution in [0.1, 0.15) is 39.5 Å². The van der Waals surface area contributed by atoms with Crippen molar-refractivity contribution in [1.82, 2.24) is 0 Å². The molecule has 1 fully saturated rings. The first-order valence-corrected chi connectivity index (χ1v) is 7.71. The largest absolute Gasteiger partial charge is 0.489 e. The van der Waals surface area contributed by atoms with E-state index in [1.807, 2.05) is 19.1 Å². The van der Waals surface area contributed by atoms with Crippen LogP contribution >= 0.6 is 0 Å². The number of allylic oxidation sites excluding steroid dienone is 1. The second kappa shape index (κ2) is 6.06. The van der Waals surface area contributed by atoms with E-state index in [1.165, 1.54) is 0 Å². The number of carbonyl (C=O) groups is 1. The molecule has 0 amide bonds. The number of carbonyl (C=O) groups excluding carboxylic acids is 1. The Balaban J connectivity index is 1.81. The average molecular weight is 290 g/mol. The Morgan fingerprint density at radius 3 is 2.95 bits per heavy atom. The minimum atomic E-state index is -0.250. The molecule has 0 radical (unpaired) electrons. The normalized spacial score (nSPS) is 32.1. The van der Waals surface area contributed by atoms with Gasteiger partial charge in [-0.1, -0.05) is 6.08 Å². The van der Waals surface area contributed by atoms with Crippen molar-refractivity contribution in [3.63, 3.8) is 0 Å². The summed E-state index contributed by atoms with van der Waals surface area (Å²) in [6.07, 6.45) is 9.85. The number of esters is 1. The Morgan fingerprint density at radius 2 is 2.14 bits per heavy atom. The van der Waals surface area contributed by atoms with Crippen molar-refractivity contribution in [3.8, 4) is 0 Å². The molecule has 1 saturated heterocycles. The minimum absolute atomic E-state index is 0.137. The predicted octanol–water partition coefficient (Wildman–Crippen LogP) is 3.05. The maximum Gasteiger partial charge on any atom is 0.333 e. The fraction of sp³-hybridized carbons (Fsp3) is 0.588. The molecule has 114 valence electrons. The van der Waals surface area contributed by atoms with Crippen LogP contribution in [0.4, 0.5) is 0 Å². The Hall–Kier alpha value is -1.55. The highest BCUT2D eigenvalue weighted by Gasteiger charge is 2.33. The molecule has 4 nitrogen and oxygen atoms in total. The van der Waals surface area contributed by atoms with Gasteiger partial charge in [-0.25, -0.2) is 4.79 Å².